The van der Waals surface area contributed by atoms with Crippen LogP contribution in [0.15, 0.2) is 0 Å². The summed E-state index contributed by atoms with van der Waals surface area (Å²) in [6.45, 7) is 3.28. The smallest absolute Gasteiger partial charge is 0.0602 e. The van der Waals surface area contributed by atoms with Crippen molar-refractivity contribution in [3.8, 4) is 0 Å². The molecule has 1 rings (SSSR count). The molecule has 0 aromatic rings. The lowest BCUT2D eigenvalue weighted by Gasteiger charge is -2.20. The predicted molar refractivity (Wildman–Crippen MR) is 53.2 cm³/mol. The molecule has 0 unspecified atom stereocenters. The molecule has 0 spiro atoms. The van der Waals surface area contributed by atoms with Crippen LogP contribution < -0.4 is 0 Å². The quantitative estimate of drug-likeness (QED) is 0.470. The fraction of sp³-hybridized carbons (Fsp3) is 1.00. The van der Waals surface area contributed by atoms with Gasteiger partial charge < -0.3 is 9.84 Å². The highest BCUT2D eigenvalue weighted by Gasteiger charge is 2.27. The molecule has 0 heterocycles. The van der Waals surface area contributed by atoms with E-state index in [9.17, 15) is 0 Å². The van der Waals surface area contributed by atoms with Gasteiger partial charge in [-0.25, -0.2) is 0 Å². The van der Waals surface area contributed by atoms with Crippen molar-refractivity contribution in [1.82, 2.24) is 4.90 Å². The van der Waals surface area contributed by atoms with E-state index in [1.54, 1.807) is 0 Å². The fourth-order valence-corrected chi connectivity index (χ4v) is 1.49. The summed E-state index contributed by atoms with van der Waals surface area (Å²) < 4.78 is 5.28. The summed E-state index contributed by atoms with van der Waals surface area (Å²) in [5, 5.41) is 8.81. The van der Waals surface area contributed by atoms with E-state index in [2.05, 4.69) is 4.90 Å². The standard InChI is InChI=1S/C9H18ClNO2/c10-3-7-13-8-5-11(4-6-12)9-1-2-9/h9,12H,1-8H2. The SMILES string of the molecule is OCCN(CCOCCCl)C1CC1. The molecule has 1 saturated carbocycles. The first kappa shape index (κ1) is 11.2. The van der Waals surface area contributed by atoms with Crippen molar-refractivity contribution in [3.05, 3.63) is 0 Å². The van der Waals surface area contributed by atoms with E-state index < -0.39 is 0 Å². The van der Waals surface area contributed by atoms with Crippen molar-refractivity contribution in [2.75, 3.05) is 38.8 Å². The van der Waals surface area contributed by atoms with Gasteiger partial charge in [0, 0.05) is 25.0 Å². The van der Waals surface area contributed by atoms with Crippen molar-refractivity contribution in [2.24, 2.45) is 0 Å². The zero-order valence-corrected chi connectivity index (χ0v) is 8.67. The number of ether oxygens (including phenoxy) is 1. The second-order valence-electron chi connectivity index (χ2n) is 3.29. The molecule has 0 aromatic heterocycles. The first-order chi connectivity index (χ1) is 6.38. The third kappa shape index (κ3) is 4.81. The van der Waals surface area contributed by atoms with Crippen LogP contribution in [-0.4, -0.2) is 54.8 Å². The van der Waals surface area contributed by atoms with Crippen molar-refractivity contribution in [1.29, 1.82) is 0 Å². The highest BCUT2D eigenvalue weighted by molar-refractivity contribution is 6.17. The molecule has 0 amide bonds. The number of nitrogens with zero attached hydrogens (tertiary/aromatic N) is 1. The lowest BCUT2D eigenvalue weighted by atomic mass is 10.4. The van der Waals surface area contributed by atoms with Gasteiger partial charge in [0.1, 0.15) is 0 Å². The molecule has 0 atom stereocenters. The number of halogens is 1. The zero-order valence-electron chi connectivity index (χ0n) is 7.91. The molecule has 1 fully saturated rings. The van der Waals surface area contributed by atoms with Crippen molar-refractivity contribution in [3.63, 3.8) is 0 Å². The lowest BCUT2D eigenvalue weighted by Crippen LogP contribution is -2.32. The number of hydrogen-bond donors (Lipinski definition) is 1. The average molecular weight is 208 g/mol. The van der Waals surface area contributed by atoms with E-state index in [4.69, 9.17) is 21.4 Å². The Morgan fingerprint density at radius 3 is 2.62 bits per heavy atom. The van der Waals surface area contributed by atoms with Crippen molar-refractivity contribution in [2.45, 2.75) is 18.9 Å². The Balaban J connectivity index is 2.00. The molecule has 13 heavy (non-hydrogen) atoms. The maximum atomic E-state index is 8.81. The van der Waals surface area contributed by atoms with E-state index in [1.807, 2.05) is 0 Å². The van der Waals surface area contributed by atoms with Crippen LogP contribution in [-0.2, 0) is 4.74 Å². The van der Waals surface area contributed by atoms with Gasteiger partial charge in [-0.3, -0.25) is 4.90 Å². The van der Waals surface area contributed by atoms with Crippen LogP contribution in [0, 0.1) is 0 Å². The van der Waals surface area contributed by atoms with Gasteiger partial charge in [-0.15, -0.1) is 11.6 Å². The molecule has 1 aliphatic carbocycles. The molecule has 78 valence electrons. The van der Waals surface area contributed by atoms with Gasteiger partial charge >= 0.3 is 0 Å². The third-order valence-corrected chi connectivity index (χ3v) is 2.35. The van der Waals surface area contributed by atoms with Crippen LogP contribution in [0.25, 0.3) is 0 Å². The van der Waals surface area contributed by atoms with Crippen LogP contribution in [0.3, 0.4) is 0 Å². The van der Waals surface area contributed by atoms with Gasteiger partial charge in [0.05, 0.1) is 19.8 Å². The molecule has 0 saturated heterocycles. The highest BCUT2D eigenvalue weighted by atomic mass is 35.5. The summed E-state index contributed by atoms with van der Waals surface area (Å²) >= 11 is 5.47. The first-order valence-electron chi connectivity index (χ1n) is 4.87. The molecule has 4 heteroatoms. The van der Waals surface area contributed by atoms with Crippen LogP contribution in [0.2, 0.25) is 0 Å². The summed E-state index contributed by atoms with van der Waals surface area (Å²) in [5.41, 5.74) is 0. The maximum Gasteiger partial charge on any atom is 0.0602 e. The Bertz CT molecular complexity index is 131. The molecular formula is C9H18ClNO2. The fourth-order valence-electron chi connectivity index (χ4n) is 1.38. The maximum absolute atomic E-state index is 8.81. The highest BCUT2D eigenvalue weighted by Crippen LogP contribution is 2.25. The molecule has 1 aliphatic rings. The Kier molecular flexibility index (Phi) is 5.71. The molecular weight excluding hydrogens is 190 g/mol. The van der Waals surface area contributed by atoms with Gasteiger partial charge in [0.2, 0.25) is 0 Å². The second-order valence-corrected chi connectivity index (χ2v) is 3.67. The van der Waals surface area contributed by atoms with Crippen molar-refractivity contribution < 1.29 is 9.84 Å². The number of alkyl halides is 1. The first-order valence-corrected chi connectivity index (χ1v) is 5.40. The van der Waals surface area contributed by atoms with E-state index in [0.29, 0.717) is 18.5 Å². The van der Waals surface area contributed by atoms with Gasteiger partial charge in [-0.2, -0.15) is 0 Å². The molecule has 1 N–H and O–H groups in total. The summed E-state index contributed by atoms with van der Waals surface area (Å²) in [6, 6.07) is 0.701. The van der Waals surface area contributed by atoms with Crippen molar-refractivity contribution >= 4 is 11.6 Å². The molecule has 0 bridgehead atoms. The molecule has 3 nitrogen and oxygen atoms in total. The summed E-state index contributed by atoms with van der Waals surface area (Å²) in [6.07, 6.45) is 2.55. The Morgan fingerprint density at radius 2 is 2.08 bits per heavy atom. The topological polar surface area (TPSA) is 32.7 Å². The van der Waals surface area contributed by atoms with E-state index in [1.165, 1.54) is 12.8 Å². The predicted octanol–water partition coefficient (Wildman–Crippen LogP) is 0.698. The second kappa shape index (κ2) is 6.60. The normalized spacial score (nSPS) is 16.8. The minimum absolute atomic E-state index is 0.242. The Morgan fingerprint density at radius 1 is 1.31 bits per heavy atom. The summed E-state index contributed by atoms with van der Waals surface area (Å²) in [5.74, 6) is 0.559. The Hall–Kier alpha value is 0.170. The van der Waals surface area contributed by atoms with Gasteiger partial charge in [0.15, 0.2) is 0 Å². The number of aliphatic hydroxyl groups excluding tert-OH is 1. The van der Waals surface area contributed by atoms with E-state index in [0.717, 1.165) is 19.7 Å². The monoisotopic (exact) mass is 207 g/mol. The van der Waals surface area contributed by atoms with Crippen LogP contribution >= 0.6 is 11.6 Å². The van der Waals surface area contributed by atoms with Gasteiger partial charge in [0.25, 0.3) is 0 Å². The summed E-state index contributed by atoms with van der Waals surface area (Å²) in [7, 11) is 0. The minimum atomic E-state index is 0.242. The third-order valence-electron chi connectivity index (χ3n) is 2.19. The van der Waals surface area contributed by atoms with E-state index >= 15 is 0 Å². The van der Waals surface area contributed by atoms with Crippen LogP contribution in [0.5, 0.6) is 0 Å². The van der Waals surface area contributed by atoms with E-state index in [-0.39, 0.29) is 6.61 Å². The molecule has 0 aromatic carbocycles. The van der Waals surface area contributed by atoms with Crippen LogP contribution in [0.4, 0.5) is 0 Å². The average Bonchev–Trinajstić information content (AvgIpc) is 2.93. The Labute approximate surface area is 84.6 Å². The molecule has 0 radical (unpaired) electrons. The molecule has 0 aliphatic heterocycles. The summed E-state index contributed by atoms with van der Waals surface area (Å²) in [4.78, 5) is 2.29. The number of aliphatic hydroxyl groups is 1. The zero-order chi connectivity index (χ0) is 9.52. The lowest BCUT2D eigenvalue weighted by molar-refractivity contribution is 0.101. The van der Waals surface area contributed by atoms with Gasteiger partial charge in [-0.1, -0.05) is 0 Å². The van der Waals surface area contributed by atoms with Gasteiger partial charge in [-0.05, 0) is 12.8 Å². The minimum Gasteiger partial charge on any atom is -0.395 e. The largest absolute Gasteiger partial charge is 0.395 e. The van der Waals surface area contributed by atoms with Crippen LogP contribution in [0.1, 0.15) is 12.8 Å². The number of hydrogen-bond acceptors (Lipinski definition) is 3. The number of rotatable bonds is 8.